The highest BCUT2D eigenvalue weighted by molar-refractivity contribution is 5.99. The Morgan fingerprint density at radius 2 is 0.767 bits per heavy atom. The molecule has 0 aromatic heterocycles. The van der Waals surface area contributed by atoms with Crippen molar-refractivity contribution < 1.29 is 38.4 Å². The summed E-state index contributed by atoms with van der Waals surface area (Å²) in [5.41, 5.74) is 6.45. The minimum atomic E-state index is -1.20. The van der Waals surface area contributed by atoms with Gasteiger partial charge in [-0.3, -0.25) is 38.4 Å². The lowest BCUT2D eigenvalue weighted by Gasteiger charge is -2.31. The summed E-state index contributed by atoms with van der Waals surface area (Å²) in [5, 5.41) is 21.9. The predicted molar refractivity (Wildman–Crippen MR) is 228 cm³/mol. The van der Waals surface area contributed by atoms with Crippen LogP contribution < -0.4 is 48.3 Å². The molecular weight excluding hydrogens is 771 g/mol. The van der Waals surface area contributed by atoms with E-state index in [0.717, 1.165) is 0 Å². The van der Waals surface area contributed by atoms with Crippen molar-refractivity contribution >= 4 is 47.3 Å². The van der Waals surface area contributed by atoms with Crippen LogP contribution in [-0.4, -0.2) is 102 Å². The van der Waals surface area contributed by atoms with E-state index in [4.69, 9.17) is 5.73 Å². The van der Waals surface area contributed by atoms with Crippen molar-refractivity contribution in [3.63, 3.8) is 0 Å². The second-order valence-electron chi connectivity index (χ2n) is 17.5. The highest BCUT2D eigenvalue weighted by Gasteiger charge is 2.37. The summed E-state index contributed by atoms with van der Waals surface area (Å²) in [7, 11) is 0. The number of hydrogen-bond donors (Lipinski definition) is 9. The fraction of sp³-hybridized carbons (Fsp3) is 0.674. The van der Waals surface area contributed by atoms with Crippen molar-refractivity contribution in [3.05, 3.63) is 35.9 Å². The molecule has 1 aromatic rings. The maximum atomic E-state index is 14.1. The van der Waals surface area contributed by atoms with Crippen molar-refractivity contribution in [2.75, 3.05) is 6.54 Å². The van der Waals surface area contributed by atoms with Gasteiger partial charge in [-0.25, -0.2) is 0 Å². The van der Waals surface area contributed by atoms with Crippen molar-refractivity contribution in [3.8, 4) is 0 Å². The molecule has 1 aromatic carbocycles. The third kappa shape index (κ3) is 15.5. The van der Waals surface area contributed by atoms with Gasteiger partial charge in [-0.05, 0) is 67.9 Å². The first-order valence-electron chi connectivity index (χ1n) is 21.3. The quantitative estimate of drug-likeness (QED) is 0.141. The first-order valence-corrected chi connectivity index (χ1v) is 21.3. The van der Waals surface area contributed by atoms with E-state index >= 15 is 0 Å². The second kappa shape index (κ2) is 24.3. The lowest BCUT2D eigenvalue weighted by molar-refractivity contribution is -0.138. The molecule has 10 N–H and O–H groups in total. The van der Waals surface area contributed by atoms with Crippen LogP contribution >= 0.6 is 0 Å². The van der Waals surface area contributed by atoms with Gasteiger partial charge >= 0.3 is 0 Å². The molecule has 0 spiro atoms. The van der Waals surface area contributed by atoms with Crippen LogP contribution in [0.4, 0.5) is 0 Å². The van der Waals surface area contributed by atoms with Crippen LogP contribution in [0.1, 0.15) is 101 Å². The molecule has 17 heteroatoms. The highest BCUT2D eigenvalue weighted by Crippen LogP contribution is 2.13. The van der Waals surface area contributed by atoms with Crippen molar-refractivity contribution in [1.82, 2.24) is 42.5 Å². The second-order valence-corrected chi connectivity index (χ2v) is 17.5. The molecule has 1 heterocycles. The number of hydrogen-bond acceptors (Lipinski definition) is 9. The van der Waals surface area contributed by atoms with Gasteiger partial charge < -0.3 is 48.3 Å². The van der Waals surface area contributed by atoms with E-state index in [0.29, 0.717) is 24.9 Å². The van der Waals surface area contributed by atoms with E-state index in [1.165, 1.54) is 6.92 Å². The highest BCUT2D eigenvalue weighted by atomic mass is 16.2. The fourth-order valence-electron chi connectivity index (χ4n) is 6.66. The molecule has 8 atom stereocenters. The molecule has 0 bridgehead atoms. The van der Waals surface area contributed by atoms with E-state index < -0.39 is 125 Å². The van der Waals surface area contributed by atoms with Gasteiger partial charge in [0, 0.05) is 6.42 Å². The molecule has 0 aliphatic carbocycles. The number of rotatable bonds is 11. The van der Waals surface area contributed by atoms with E-state index in [-0.39, 0.29) is 12.8 Å². The van der Waals surface area contributed by atoms with Gasteiger partial charge in [0.05, 0.1) is 0 Å². The van der Waals surface area contributed by atoms with Gasteiger partial charge in [0.25, 0.3) is 0 Å². The summed E-state index contributed by atoms with van der Waals surface area (Å²) in [6.45, 7) is 19.0. The zero-order valence-electron chi connectivity index (χ0n) is 37.3. The van der Waals surface area contributed by atoms with Gasteiger partial charge in [-0.1, -0.05) is 99.6 Å². The van der Waals surface area contributed by atoms with Crippen LogP contribution in [0.25, 0.3) is 0 Å². The molecule has 1 aliphatic rings. The van der Waals surface area contributed by atoms with Crippen molar-refractivity contribution in [2.24, 2.45) is 35.3 Å². The zero-order chi connectivity index (χ0) is 45.4. The predicted octanol–water partition coefficient (Wildman–Crippen LogP) is 0.550. The van der Waals surface area contributed by atoms with Crippen molar-refractivity contribution in [1.29, 1.82) is 0 Å². The van der Waals surface area contributed by atoms with Crippen LogP contribution in [-0.2, 0) is 44.8 Å². The number of carbonyl (C=O) groups is 8. The minimum Gasteiger partial charge on any atom is -0.343 e. The third-order valence-electron chi connectivity index (χ3n) is 10.5. The Labute approximate surface area is 355 Å². The minimum absolute atomic E-state index is 0.0400. The van der Waals surface area contributed by atoms with Crippen LogP contribution in [0.2, 0.25) is 0 Å². The van der Waals surface area contributed by atoms with Gasteiger partial charge in [0.1, 0.15) is 48.3 Å². The Bertz CT molecular complexity index is 1630. The number of nitrogens with two attached hydrogens (primary N) is 1. The molecular formula is C43H71N9O8. The molecule has 8 amide bonds. The number of nitrogens with one attached hydrogen (secondary N) is 8. The smallest absolute Gasteiger partial charge is 0.243 e. The molecule has 0 radical (unpaired) electrons. The fourth-order valence-corrected chi connectivity index (χ4v) is 6.66. The summed E-state index contributed by atoms with van der Waals surface area (Å²) in [6.07, 6.45) is 1.22. The first kappa shape index (κ1) is 51.1. The normalized spacial score (nSPS) is 26.4. The zero-order valence-corrected chi connectivity index (χ0v) is 37.3. The maximum absolute atomic E-state index is 14.1. The molecule has 1 saturated heterocycles. The Kier molecular flexibility index (Phi) is 20.7. The van der Waals surface area contributed by atoms with Crippen LogP contribution in [0.5, 0.6) is 0 Å². The SMILES string of the molecule is CC1NC(=O)C(C(C)C)NC(=O)C(C(C)C)NC(=O)C(Cc2ccccc2)NC(=O)C(C(C)C)NC(=O)C(CCCCN)NC(=O)C(C(C)C)NC(=O)C(C(C)C)NC1=O. The van der Waals surface area contributed by atoms with Crippen molar-refractivity contribution in [2.45, 2.75) is 150 Å². The lowest BCUT2D eigenvalue weighted by Crippen LogP contribution is -2.63. The van der Waals surface area contributed by atoms with Gasteiger partial charge in [-0.15, -0.1) is 0 Å². The van der Waals surface area contributed by atoms with Crippen LogP contribution in [0, 0.1) is 29.6 Å². The molecule has 8 unspecified atom stereocenters. The summed E-state index contributed by atoms with van der Waals surface area (Å²) in [4.78, 5) is 111. The number of carbonyl (C=O) groups excluding carboxylic acids is 8. The number of amides is 8. The average molecular weight is 842 g/mol. The Hall–Kier alpha value is -5.06. The Morgan fingerprint density at radius 1 is 0.433 bits per heavy atom. The monoisotopic (exact) mass is 842 g/mol. The molecule has 336 valence electrons. The van der Waals surface area contributed by atoms with Crippen LogP contribution in [0.3, 0.4) is 0 Å². The summed E-state index contributed by atoms with van der Waals surface area (Å²) < 4.78 is 0. The van der Waals surface area contributed by atoms with Gasteiger partial charge in [-0.2, -0.15) is 0 Å². The number of benzene rings is 1. The topological polar surface area (TPSA) is 259 Å². The molecule has 60 heavy (non-hydrogen) atoms. The molecule has 1 fully saturated rings. The van der Waals surface area contributed by atoms with E-state index in [2.05, 4.69) is 42.5 Å². The maximum Gasteiger partial charge on any atom is 0.243 e. The molecule has 17 nitrogen and oxygen atoms in total. The Morgan fingerprint density at radius 3 is 1.17 bits per heavy atom. The molecule has 0 saturated carbocycles. The van der Waals surface area contributed by atoms with Gasteiger partial charge in [0.2, 0.25) is 47.3 Å². The third-order valence-corrected chi connectivity index (χ3v) is 10.5. The summed E-state index contributed by atoms with van der Waals surface area (Å²) in [5.74, 6) is -7.59. The summed E-state index contributed by atoms with van der Waals surface area (Å²) >= 11 is 0. The number of unbranched alkanes of at least 4 members (excludes halogenated alkanes) is 1. The largest absolute Gasteiger partial charge is 0.343 e. The molecule has 2 rings (SSSR count). The van der Waals surface area contributed by atoms with Gasteiger partial charge in [0.15, 0.2) is 0 Å². The lowest BCUT2D eigenvalue weighted by atomic mass is 9.97. The van der Waals surface area contributed by atoms with Crippen LogP contribution in [0.15, 0.2) is 30.3 Å². The average Bonchev–Trinajstić information content (AvgIpc) is 3.17. The van der Waals surface area contributed by atoms with E-state index in [9.17, 15) is 38.4 Å². The molecule has 1 aliphatic heterocycles. The van der Waals surface area contributed by atoms with E-state index in [1.54, 1.807) is 93.5 Å². The summed E-state index contributed by atoms with van der Waals surface area (Å²) in [6, 6.07) is -0.196. The first-order chi connectivity index (χ1) is 28.1. The standard InChI is InChI=1S/C43H71N9O8/c1-22(2)31-39(56)45-27(11)36(53)48-34(25(7)8)42(59)52-33(24(5)6)40(57)46-29(19-15-16-20-44)37(54)49-32(23(3)4)41(58)47-30(21-28-17-13-12-14-18-28)38(55)50-35(26(9)10)43(60)51-31/h12-14,17-18,22-27,29-35H,15-16,19-21,44H2,1-11H3,(H,45,56)(H,46,57)(H,47,58)(H,48,53)(H,49,54)(H,50,55)(H,51,60)(H,52,59). The van der Waals surface area contributed by atoms with E-state index in [1.807, 2.05) is 6.07 Å². The Balaban J connectivity index is 2.70.